The monoisotopic (exact) mass is 732 g/mol. The summed E-state index contributed by atoms with van der Waals surface area (Å²) in [5.74, 6) is 2.29. The highest BCUT2D eigenvalue weighted by Gasteiger charge is 2.24. The molecule has 1 unspecified atom stereocenters. The molecule has 0 saturated carbocycles. The zero-order chi connectivity index (χ0) is 38.3. The van der Waals surface area contributed by atoms with E-state index in [2.05, 4.69) is 170 Å². The number of hydrogen-bond acceptors (Lipinski definition) is 3. The van der Waals surface area contributed by atoms with Gasteiger partial charge < -0.3 is 0 Å². The molecule has 4 nitrogen and oxygen atoms in total. The molecule has 2 heterocycles. The number of rotatable bonds is 7. The van der Waals surface area contributed by atoms with Gasteiger partial charge in [0.25, 0.3) is 0 Å². The lowest BCUT2D eigenvalue weighted by molar-refractivity contribution is 0.749. The summed E-state index contributed by atoms with van der Waals surface area (Å²) < 4.78 is 2.28. The SMILES string of the molecule is Cc1ccccc1-c1ccc2c3ccccc3n(-c3nc(-c4ccccc4)nc(-c4ccccc4)n3)c2c1-c1cc(C2=CC=CC(C)C2)cc(-c2ccccc2)c1. The number of nitrogens with zero attached hydrogens (tertiary/aromatic N) is 4. The van der Waals surface area contributed by atoms with E-state index >= 15 is 0 Å². The first-order valence-electron chi connectivity index (χ1n) is 19.7. The molecule has 0 radical (unpaired) electrons. The molecule has 57 heavy (non-hydrogen) atoms. The fourth-order valence-electron chi connectivity index (χ4n) is 8.37. The number of para-hydroxylation sites is 1. The van der Waals surface area contributed by atoms with Crippen LogP contribution in [0.4, 0.5) is 0 Å². The van der Waals surface area contributed by atoms with Gasteiger partial charge in [-0.1, -0.05) is 171 Å². The molecule has 0 saturated heterocycles. The maximum atomic E-state index is 5.32. The van der Waals surface area contributed by atoms with E-state index in [1.54, 1.807) is 0 Å². The Morgan fingerprint density at radius 3 is 1.79 bits per heavy atom. The highest BCUT2D eigenvalue weighted by Crippen LogP contribution is 2.46. The number of benzene rings is 7. The van der Waals surface area contributed by atoms with Crippen molar-refractivity contribution in [2.75, 3.05) is 0 Å². The van der Waals surface area contributed by atoms with Crippen LogP contribution in [0.5, 0.6) is 0 Å². The van der Waals surface area contributed by atoms with E-state index in [0.717, 1.165) is 56.0 Å². The summed E-state index contributed by atoms with van der Waals surface area (Å²) in [7, 11) is 0. The van der Waals surface area contributed by atoms with Crippen LogP contribution in [-0.2, 0) is 0 Å². The molecule has 0 amide bonds. The van der Waals surface area contributed by atoms with Gasteiger partial charge in [-0.2, -0.15) is 9.97 Å². The molecule has 1 aliphatic carbocycles. The van der Waals surface area contributed by atoms with E-state index in [4.69, 9.17) is 15.0 Å². The quantitative estimate of drug-likeness (QED) is 0.164. The summed E-state index contributed by atoms with van der Waals surface area (Å²) in [4.78, 5) is 15.7. The average molecular weight is 733 g/mol. The van der Waals surface area contributed by atoms with Crippen LogP contribution in [0.3, 0.4) is 0 Å². The predicted octanol–water partition coefficient (Wildman–Crippen LogP) is 13.6. The van der Waals surface area contributed by atoms with Crippen molar-refractivity contribution in [1.82, 2.24) is 19.5 Å². The van der Waals surface area contributed by atoms with Crippen LogP contribution >= 0.6 is 0 Å². The molecule has 4 heteroatoms. The van der Waals surface area contributed by atoms with Gasteiger partial charge in [-0.15, -0.1) is 0 Å². The zero-order valence-electron chi connectivity index (χ0n) is 32.0. The lowest BCUT2D eigenvalue weighted by Crippen LogP contribution is -2.07. The summed E-state index contributed by atoms with van der Waals surface area (Å²) >= 11 is 0. The predicted molar refractivity (Wildman–Crippen MR) is 237 cm³/mol. The lowest BCUT2D eigenvalue weighted by atomic mass is 9.85. The van der Waals surface area contributed by atoms with Crippen molar-refractivity contribution in [1.29, 1.82) is 0 Å². The van der Waals surface area contributed by atoms with Crippen molar-refractivity contribution in [3.63, 3.8) is 0 Å². The van der Waals surface area contributed by atoms with Crippen LogP contribution in [0.1, 0.15) is 24.5 Å². The van der Waals surface area contributed by atoms with Crippen LogP contribution in [-0.4, -0.2) is 19.5 Å². The Labute approximate surface area is 333 Å². The topological polar surface area (TPSA) is 43.6 Å². The number of hydrogen-bond donors (Lipinski definition) is 0. The Kier molecular flexibility index (Phi) is 8.72. The third-order valence-corrected chi connectivity index (χ3v) is 11.1. The third-order valence-electron chi connectivity index (χ3n) is 11.1. The Morgan fingerprint density at radius 2 is 1.11 bits per heavy atom. The largest absolute Gasteiger partial charge is 0.277 e. The second-order valence-electron chi connectivity index (χ2n) is 15.0. The van der Waals surface area contributed by atoms with Crippen molar-refractivity contribution in [3.8, 4) is 62.1 Å². The van der Waals surface area contributed by atoms with Gasteiger partial charge in [-0.3, -0.25) is 4.57 Å². The first kappa shape index (κ1) is 34.3. The van der Waals surface area contributed by atoms with E-state index in [0.29, 0.717) is 23.5 Å². The van der Waals surface area contributed by atoms with Gasteiger partial charge in [0.05, 0.1) is 11.0 Å². The molecule has 0 spiro atoms. The molecular formula is C53H40N4. The van der Waals surface area contributed by atoms with Gasteiger partial charge in [0, 0.05) is 27.5 Å². The van der Waals surface area contributed by atoms with E-state index in [-0.39, 0.29) is 0 Å². The molecule has 0 N–H and O–H groups in total. The molecule has 1 atom stereocenters. The molecule has 2 aromatic heterocycles. The minimum absolute atomic E-state index is 0.462. The maximum absolute atomic E-state index is 5.32. The molecule has 0 fully saturated rings. The lowest BCUT2D eigenvalue weighted by Gasteiger charge is -2.20. The van der Waals surface area contributed by atoms with Crippen LogP contribution in [0.25, 0.3) is 89.5 Å². The smallest absolute Gasteiger partial charge is 0.238 e. The molecule has 1 aliphatic rings. The average Bonchev–Trinajstić information content (AvgIpc) is 3.61. The van der Waals surface area contributed by atoms with E-state index in [9.17, 15) is 0 Å². The standard InChI is InChI=1S/C53H40N4/c1-35-17-16-25-40(31-35)42-32-41(37-19-6-3-7-20-37)33-43(34-42)49-46(44-26-13-12-18-36(44)2)29-30-47-45-27-14-15-28-48(45)57(50(47)49)53-55-51(38-21-8-4-9-22-38)54-52(56-53)39-23-10-5-11-24-39/h3-30,32-35H,31H2,1-2H3. The van der Waals surface area contributed by atoms with E-state index in [1.807, 2.05) is 36.4 Å². The van der Waals surface area contributed by atoms with Gasteiger partial charge >= 0.3 is 0 Å². The molecule has 9 aromatic rings. The van der Waals surface area contributed by atoms with Crippen molar-refractivity contribution < 1.29 is 0 Å². The van der Waals surface area contributed by atoms with Crippen molar-refractivity contribution in [2.45, 2.75) is 20.3 Å². The fourth-order valence-corrected chi connectivity index (χ4v) is 8.37. The minimum atomic E-state index is 0.462. The maximum Gasteiger partial charge on any atom is 0.238 e. The van der Waals surface area contributed by atoms with Gasteiger partial charge in [-0.25, -0.2) is 4.98 Å². The van der Waals surface area contributed by atoms with Crippen molar-refractivity contribution in [3.05, 3.63) is 199 Å². The minimum Gasteiger partial charge on any atom is -0.277 e. The summed E-state index contributed by atoms with van der Waals surface area (Å²) in [6.45, 7) is 4.50. The zero-order valence-corrected chi connectivity index (χ0v) is 32.0. The molecule has 10 rings (SSSR count). The molecule has 0 bridgehead atoms. The highest BCUT2D eigenvalue weighted by atomic mass is 15.2. The second kappa shape index (κ2) is 14.5. The number of aromatic nitrogens is 4. The van der Waals surface area contributed by atoms with Crippen molar-refractivity contribution in [2.24, 2.45) is 5.92 Å². The van der Waals surface area contributed by atoms with Gasteiger partial charge in [0.1, 0.15) is 0 Å². The van der Waals surface area contributed by atoms with Crippen LogP contribution < -0.4 is 0 Å². The Morgan fingerprint density at radius 1 is 0.509 bits per heavy atom. The summed E-state index contributed by atoms with van der Waals surface area (Å²) in [6.07, 6.45) is 7.78. The Hall–Kier alpha value is -7.17. The Bertz CT molecular complexity index is 2940. The normalized spacial score (nSPS) is 13.9. The summed E-state index contributed by atoms with van der Waals surface area (Å²) in [6, 6.07) is 60.3. The van der Waals surface area contributed by atoms with Gasteiger partial charge in [-0.05, 0) is 88.0 Å². The second-order valence-corrected chi connectivity index (χ2v) is 15.0. The highest BCUT2D eigenvalue weighted by molar-refractivity contribution is 6.16. The van der Waals surface area contributed by atoms with Crippen molar-refractivity contribution >= 4 is 27.4 Å². The fraction of sp³-hybridized carbons (Fsp3) is 0.0755. The molecular weight excluding hydrogens is 693 g/mol. The molecule has 272 valence electrons. The molecule has 0 aliphatic heterocycles. The van der Waals surface area contributed by atoms with Crippen LogP contribution in [0.2, 0.25) is 0 Å². The summed E-state index contributed by atoms with van der Waals surface area (Å²) in [5.41, 5.74) is 14.7. The van der Waals surface area contributed by atoms with Gasteiger partial charge in [0.15, 0.2) is 11.6 Å². The third kappa shape index (κ3) is 6.35. The number of fused-ring (bicyclic) bond motifs is 3. The van der Waals surface area contributed by atoms with E-state index in [1.165, 1.54) is 33.4 Å². The first-order valence-corrected chi connectivity index (χ1v) is 19.7. The number of aryl methyl sites for hydroxylation is 1. The number of allylic oxidation sites excluding steroid dienone is 4. The molecule has 7 aromatic carbocycles. The van der Waals surface area contributed by atoms with E-state index < -0.39 is 0 Å². The van der Waals surface area contributed by atoms with Crippen LogP contribution in [0, 0.1) is 12.8 Å². The Balaban J connectivity index is 1.35. The van der Waals surface area contributed by atoms with Crippen LogP contribution in [0.15, 0.2) is 188 Å². The summed E-state index contributed by atoms with van der Waals surface area (Å²) in [5, 5.41) is 2.28. The van der Waals surface area contributed by atoms with Gasteiger partial charge in [0.2, 0.25) is 5.95 Å². The first-order chi connectivity index (χ1) is 28.1.